The van der Waals surface area contributed by atoms with Crippen LogP contribution in [0.3, 0.4) is 0 Å². The molecule has 1 saturated heterocycles. The van der Waals surface area contributed by atoms with Crippen LogP contribution in [0.1, 0.15) is 35.2 Å². The molecule has 1 heterocycles. The van der Waals surface area contributed by atoms with Gasteiger partial charge in [-0.1, -0.05) is 36.4 Å². The molecule has 29 heavy (non-hydrogen) atoms. The number of esters is 1. The number of piperidine rings is 1. The average molecular weight is 416 g/mol. The van der Waals surface area contributed by atoms with Crippen LogP contribution in [0.4, 0.5) is 0 Å². The summed E-state index contributed by atoms with van der Waals surface area (Å²) in [5.74, 6) is -0.957. The number of amides is 1. The van der Waals surface area contributed by atoms with E-state index in [0.717, 1.165) is 24.8 Å². The van der Waals surface area contributed by atoms with Crippen molar-refractivity contribution in [1.82, 2.24) is 9.62 Å². The number of likely N-dealkylation sites (tertiary alicyclic amines) is 1. The second kappa shape index (κ2) is 9.67. The van der Waals surface area contributed by atoms with Crippen molar-refractivity contribution in [1.29, 1.82) is 0 Å². The number of hydrogen-bond acceptors (Lipinski definition) is 5. The fourth-order valence-electron chi connectivity index (χ4n) is 3.09. The summed E-state index contributed by atoms with van der Waals surface area (Å²) in [5, 5.41) is 0. The first-order valence-electron chi connectivity index (χ1n) is 9.54. The Bertz CT molecular complexity index is 954. The maximum Gasteiger partial charge on any atom is 0.338 e. The predicted molar refractivity (Wildman–Crippen MR) is 108 cm³/mol. The number of sulfonamides is 1. The van der Waals surface area contributed by atoms with Crippen LogP contribution in [0.5, 0.6) is 0 Å². The van der Waals surface area contributed by atoms with Gasteiger partial charge in [0, 0.05) is 19.6 Å². The minimum atomic E-state index is -3.80. The molecule has 1 aliphatic heterocycles. The van der Waals surface area contributed by atoms with Crippen molar-refractivity contribution in [2.75, 3.05) is 19.7 Å². The van der Waals surface area contributed by atoms with Gasteiger partial charge < -0.3 is 9.64 Å². The zero-order valence-electron chi connectivity index (χ0n) is 16.0. The van der Waals surface area contributed by atoms with Gasteiger partial charge in [-0.2, -0.15) is 0 Å². The third-order valence-corrected chi connectivity index (χ3v) is 6.12. The van der Waals surface area contributed by atoms with Crippen LogP contribution in [0.2, 0.25) is 0 Å². The fourth-order valence-corrected chi connectivity index (χ4v) is 4.16. The number of ether oxygens (including phenoxy) is 1. The molecule has 1 aliphatic rings. The molecule has 0 atom stereocenters. The Morgan fingerprint density at radius 3 is 2.41 bits per heavy atom. The summed E-state index contributed by atoms with van der Waals surface area (Å²) in [6, 6.07) is 14.7. The smallest absolute Gasteiger partial charge is 0.338 e. The predicted octanol–water partition coefficient (Wildman–Crippen LogP) is 2.33. The molecule has 1 amide bonds. The molecule has 0 radical (unpaired) electrons. The zero-order chi connectivity index (χ0) is 20.7. The minimum absolute atomic E-state index is 0.0368. The van der Waals surface area contributed by atoms with Crippen LogP contribution >= 0.6 is 0 Å². The number of nitrogens with zero attached hydrogens (tertiary/aromatic N) is 1. The molecule has 1 fully saturated rings. The molecule has 0 spiro atoms. The van der Waals surface area contributed by atoms with Gasteiger partial charge in [-0.05, 0) is 43.0 Å². The number of carbonyl (C=O) groups excluding carboxylic acids is 2. The van der Waals surface area contributed by atoms with Gasteiger partial charge in [0.15, 0.2) is 6.61 Å². The number of nitrogens with one attached hydrogen (secondary N) is 1. The Kier molecular flexibility index (Phi) is 7.00. The topological polar surface area (TPSA) is 92.8 Å². The first-order chi connectivity index (χ1) is 14.0. The molecule has 0 aromatic heterocycles. The lowest BCUT2D eigenvalue weighted by molar-refractivity contribution is -0.135. The molecular weight excluding hydrogens is 392 g/mol. The zero-order valence-corrected chi connectivity index (χ0v) is 16.9. The van der Waals surface area contributed by atoms with Crippen molar-refractivity contribution in [3.63, 3.8) is 0 Å². The standard InChI is InChI=1S/C21H24N2O5S/c24-20(23-12-5-2-6-13-23)16-28-21(25)18-10-7-11-19(14-18)29(26,27)22-15-17-8-3-1-4-9-17/h1,3-4,7-11,14,22H,2,5-6,12-13,15-16H2. The summed E-state index contributed by atoms with van der Waals surface area (Å²) < 4.78 is 32.7. The summed E-state index contributed by atoms with van der Waals surface area (Å²) in [6.45, 7) is 1.15. The molecule has 8 heteroatoms. The SMILES string of the molecule is O=C(OCC(=O)N1CCCCC1)c1cccc(S(=O)(=O)NCc2ccccc2)c1. The number of benzene rings is 2. The van der Waals surface area contributed by atoms with Crippen LogP contribution in [0.25, 0.3) is 0 Å². The average Bonchev–Trinajstić information content (AvgIpc) is 2.77. The molecular formula is C21H24N2O5S. The highest BCUT2D eigenvalue weighted by Gasteiger charge is 2.20. The van der Waals surface area contributed by atoms with Crippen molar-refractivity contribution in [3.8, 4) is 0 Å². The molecule has 7 nitrogen and oxygen atoms in total. The molecule has 2 aromatic carbocycles. The first-order valence-corrected chi connectivity index (χ1v) is 11.0. The van der Waals surface area contributed by atoms with Gasteiger partial charge in [0.2, 0.25) is 10.0 Å². The van der Waals surface area contributed by atoms with E-state index in [-0.39, 0.29) is 29.5 Å². The molecule has 0 unspecified atom stereocenters. The normalized spacial score (nSPS) is 14.4. The van der Waals surface area contributed by atoms with Crippen LogP contribution in [0.15, 0.2) is 59.5 Å². The summed E-state index contributed by atoms with van der Waals surface area (Å²) in [7, 11) is -3.80. The van der Waals surface area contributed by atoms with E-state index in [2.05, 4.69) is 4.72 Å². The maximum absolute atomic E-state index is 12.5. The van der Waals surface area contributed by atoms with Crippen LogP contribution in [-0.2, 0) is 26.1 Å². The lowest BCUT2D eigenvalue weighted by Crippen LogP contribution is -2.38. The van der Waals surface area contributed by atoms with E-state index in [1.165, 1.54) is 24.3 Å². The van der Waals surface area contributed by atoms with E-state index >= 15 is 0 Å². The number of rotatable bonds is 7. The molecule has 0 aliphatic carbocycles. The molecule has 1 N–H and O–H groups in total. The highest BCUT2D eigenvalue weighted by molar-refractivity contribution is 7.89. The molecule has 0 bridgehead atoms. The second-order valence-electron chi connectivity index (χ2n) is 6.86. The van der Waals surface area contributed by atoms with Gasteiger partial charge in [0.25, 0.3) is 5.91 Å². The Hall–Kier alpha value is -2.71. The van der Waals surface area contributed by atoms with Crippen molar-refractivity contribution in [3.05, 3.63) is 65.7 Å². The van der Waals surface area contributed by atoms with Gasteiger partial charge in [0.05, 0.1) is 10.5 Å². The van der Waals surface area contributed by atoms with E-state index in [0.29, 0.717) is 13.1 Å². The van der Waals surface area contributed by atoms with Crippen LogP contribution in [0, 0.1) is 0 Å². The molecule has 154 valence electrons. The number of hydrogen-bond donors (Lipinski definition) is 1. The highest BCUT2D eigenvalue weighted by Crippen LogP contribution is 2.14. The second-order valence-corrected chi connectivity index (χ2v) is 8.62. The molecule has 2 aromatic rings. The summed E-state index contributed by atoms with van der Waals surface area (Å²) >= 11 is 0. The third kappa shape index (κ3) is 5.88. The third-order valence-electron chi connectivity index (χ3n) is 4.72. The fraction of sp³-hybridized carbons (Fsp3) is 0.333. The van der Waals surface area contributed by atoms with Crippen molar-refractivity contribution in [2.24, 2.45) is 0 Å². The van der Waals surface area contributed by atoms with E-state index in [9.17, 15) is 18.0 Å². The van der Waals surface area contributed by atoms with Crippen LogP contribution < -0.4 is 4.72 Å². The first kappa shape index (κ1) is 21.0. The minimum Gasteiger partial charge on any atom is -0.452 e. The monoisotopic (exact) mass is 416 g/mol. The van der Waals surface area contributed by atoms with Gasteiger partial charge in [-0.3, -0.25) is 4.79 Å². The van der Waals surface area contributed by atoms with Crippen molar-refractivity contribution in [2.45, 2.75) is 30.7 Å². The van der Waals surface area contributed by atoms with E-state index < -0.39 is 16.0 Å². The van der Waals surface area contributed by atoms with Gasteiger partial charge in [-0.25, -0.2) is 17.9 Å². The maximum atomic E-state index is 12.5. The quantitative estimate of drug-likeness (QED) is 0.700. The van der Waals surface area contributed by atoms with Crippen molar-refractivity contribution < 1.29 is 22.7 Å². The Labute approximate surface area is 170 Å². The largest absolute Gasteiger partial charge is 0.452 e. The Balaban J connectivity index is 1.60. The molecule has 3 rings (SSSR count). The van der Waals surface area contributed by atoms with E-state index in [1.807, 2.05) is 30.3 Å². The van der Waals surface area contributed by atoms with E-state index in [4.69, 9.17) is 4.74 Å². The van der Waals surface area contributed by atoms with Crippen molar-refractivity contribution >= 4 is 21.9 Å². The van der Waals surface area contributed by atoms with E-state index in [1.54, 1.807) is 4.90 Å². The lowest BCUT2D eigenvalue weighted by Gasteiger charge is -2.26. The van der Waals surface area contributed by atoms with Gasteiger partial charge in [0.1, 0.15) is 0 Å². The number of carbonyl (C=O) groups is 2. The summed E-state index contributed by atoms with van der Waals surface area (Å²) in [4.78, 5) is 26.1. The summed E-state index contributed by atoms with van der Waals surface area (Å²) in [6.07, 6.45) is 3.01. The molecule has 0 saturated carbocycles. The summed E-state index contributed by atoms with van der Waals surface area (Å²) in [5.41, 5.74) is 0.905. The Morgan fingerprint density at radius 1 is 0.966 bits per heavy atom. The Morgan fingerprint density at radius 2 is 1.69 bits per heavy atom. The van der Waals surface area contributed by atoms with Gasteiger partial charge in [-0.15, -0.1) is 0 Å². The highest BCUT2D eigenvalue weighted by atomic mass is 32.2. The lowest BCUT2D eigenvalue weighted by atomic mass is 10.1. The van der Waals surface area contributed by atoms with Crippen LogP contribution in [-0.4, -0.2) is 44.9 Å². The van der Waals surface area contributed by atoms with Gasteiger partial charge >= 0.3 is 5.97 Å².